The number of nitrogens with zero attached hydrogens (tertiary/aromatic N) is 2. The Hall–Kier alpha value is -3.32. The second-order valence-corrected chi connectivity index (χ2v) is 9.15. The first kappa shape index (κ1) is 22.4. The Morgan fingerprint density at radius 2 is 1.52 bits per heavy atom. The molecular formula is C24H26N2O4S. The SMILES string of the molecule is COc1ccc(C)cc1N(CC(=O)N(C)c1ccccc1)S(=O)(=O)c1ccc(C)cc1. The topological polar surface area (TPSA) is 66.9 Å². The highest BCUT2D eigenvalue weighted by molar-refractivity contribution is 7.92. The van der Waals surface area contributed by atoms with E-state index in [4.69, 9.17) is 4.74 Å². The van der Waals surface area contributed by atoms with Crippen LogP contribution < -0.4 is 13.9 Å². The van der Waals surface area contributed by atoms with Gasteiger partial charge in [0.25, 0.3) is 10.0 Å². The summed E-state index contributed by atoms with van der Waals surface area (Å²) in [6, 6.07) is 20.9. The fourth-order valence-corrected chi connectivity index (χ4v) is 4.57. The fraction of sp³-hybridized carbons (Fsp3) is 0.208. The number of hydrogen-bond donors (Lipinski definition) is 0. The largest absolute Gasteiger partial charge is 0.495 e. The lowest BCUT2D eigenvalue weighted by atomic mass is 10.2. The van der Waals surface area contributed by atoms with Crippen molar-refractivity contribution in [3.63, 3.8) is 0 Å². The van der Waals surface area contributed by atoms with Crippen LogP contribution in [0.1, 0.15) is 11.1 Å². The number of aryl methyl sites for hydroxylation is 2. The van der Waals surface area contributed by atoms with E-state index in [1.165, 1.54) is 12.0 Å². The highest BCUT2D eigenvalue weighted by Crippen LogP contribution is 2.33. The molecule has 6 nitrogen and oxygen atoms in total. The molecule has 1 amide bonds. The molecule has 0 unspecified atom stereocenters. The molecule has 3 aromatic rings. The van der Waals surface area contributed by atoms with Crippen molar-refractivity contribution in [2.45, 2.75) is 18.7 Å². The maximum Gasteiger partial charge on any atom is 0.264 e. The molecule has 7 heteroatoms. The summed E-state index contributed by atoms with van der Waals surface area (Å²) in [4.78, 5) is 14.7. The molecule has 162 valence electrons. The molecule has 0 aliphatic carbocycles. The van der Waals surface area contributed by atoms with Crippen molar-refractivity contribution >= 4 is 27.3 Å². The van der Waals surface area contributed by atoms with Gasteiger partial charge in [0, 0.05) is 12.7 Å². The van der Waals surface area contributed by atoms with E-state index in [-0.39, 0.29) is 17.3 Å². The van der Waals surface area contributed by atoms with Gasteiger partial charge in [-0.3, -0.25) is 9.10 Å². The van der Waals surface area contributed by atoms with Gasteiger partial charge in [0.05, 0.1) is 17.7 Å². The number of likely N-dealkylation sites (N-methyl/N-ethyl adjacent to an activating group) is 1. The minimum Gasteiger partial charge on any atom is -0.495 e. The zero-order valence-electron chi connectivity index (χ0n) is 18.1. The van der Waals surface area contributed by atoms with Crippen LogP contribution in [0.4, 0.5) is 11.4 Å². The Bertz CT molecular complexity index is 1160. The van der Waals surface area contributed by atoms with Crippen LogP contribution >= 0.6 is 0 Å². The summed E-state index contributed by atoms with van der Waals surface area (Å²) in [5.41, 5.74) is 2.79. The zero-order valence-corrected chi connectivity index (χ0v) is 18.9. The van der Waals surface area contributed by atoms with E-state index in [9.17, 15) is 13.2 Å². The van der Waals surface area contributed by atoms with E-state index in [0.717, 1.165) is 15.4 Å². The quantitative estimate of drug-likeness (QED) is 0.555. The van der Waals surface area contributed by atoms with Gasteiger partial charge in [-0.25, -0.2) is 8.42 Å². The van der Waals surface area contributed by atoms with Crippen LogP contribution in [0, 0.1) is 13.8 Å². The Morgan fingerprint density at radius 3 is 2.13 bits per heavy atom. The third-order valence-corrected chi connectivity index (χ3v) is 6.78. The zero-order chi connectivity index (χ0) is 22.6. The molecule has 0 fully saturated rings. The number of amides is 1. The van der Waals surface area contributed by atoms with E-state index in [0.29, 0.717) is 17.1 Å². The number of carbonyl (C=O) groups excluding carboxylic acids is 1. The Labute approximate surface area is 183 Å². The van der Waals surface area contributed by atoms with Gasteiger partial charge < -0.3 is 9.64 Å². The molecule has 0 radical (unpaired) electrons. The number of para-hydroxylation sites is 1. The third-order valence-electron chi connectivity index (χ3n) is 5.01. The van der Waals surface area contributed by atoms with Crippen molar-refractivity contribution in [3.05, 3.63) is 83.9 Å². The summed E-state index contributed by atoms with van der Waals surface area (Å²) in [7, 11) is -0.923. The number of ether oxygens (including phenoxy) is 1. The van der Waals surface area contributed by atoms with Gasteiger partial charge in [-0.05, 0) is 55.8 Å². The summed E-state index contributed by atoms with van der Waals surface area (Å²) in [6.07, 6.45) is 0. The lowest BCUT2D eigenvalue weighted by Gasteiger charge is -2.28. The molecule has 3 aromatic carbocycles. The maximum absolute atomic E-state index is 13.6. The molecule has 0 atom stereocenters. The second kappa shape index (κ2) is 9.22. The number of sulfonamides is 1. The molecule has 0 N–H and O–H groups in total. The maximum atomic E-state index is 13.6. The van der Waals surface area contributed by atoms with Gasteiger partial charge in [0.2, 0.25) is 5.91 Å². The Morgan fingerprint density at radius 1 is 0.903 bits per heavy atom. The summed E-state index contributed by atoms with van der Waals surface area (Å²) in [5, 5.41) is 0. The van der Waals surface area contributed by atoms with Crippen molar-refractivity contribution in [1.29, 1.82) is 0 Å². The molecule has 0 saturated carbocycles. The van der Waals surface area contributed by atoms with Gasteiger partial charge in [0.1, 0.15) is 12.3 Å². The van der Waals surface area contributed by atoms with E-state index >= 15 is 0 Å². The van der Waals surface area contributed by atoms with Crippen molar-refractivity contribution in [1.82, 2.24) is 0 Å². The Kier molecular flexibility index (Phi) is 6.65. The van der Waals surface area contributed by atoms with E-state index < -0.39 is 10.0 Å². The highest BCUT2D eigenvalue weighted by Gasteiger charge is 2.30. The molecule has 0 bridgehead atoms. The molecule has 0 aliphatic rings. The molecule has 3 rings (SSSR count). The van der Waals surface area contributed by atoms with Crippen molar-refractivity contribution < 1.29 is 17.9 Å². The minimum atomic E-state index is -4.03. The van der Waals surface area contributed by atoms with E-state index in [2.05, 4.69) is 0 Å². The average molecular weight is 439 g/mol. The standard InChI is InChI=1S/C24H26N2O4S/c1-18-10-13-21(14-11-18)31(28,29)26(22-16-19(2)12-15-23(22)30-4)17-24(27)25(3)20-8-6-5-7-9-20/h5-16H,17H2,1-4H3. The smallest absolute Gasteiger partial charge is 0.264 e. The fourth-order valence-electron chi connectivity index (χ4n) is 3.16. The molecular weight excluding hydrogens is 412 g/mol. The van der Waals surface area contributed by atoms with Gasteiger partial charge >= 0.3 is 0 Å². The number of rotatable bonds is 7. The number of benzene rings is 3. The number of anilines is 2. The van der Waals surface area contributed by atoms with Crippen LogP contribution in [0.5, 0.6) is 5.75 Å². The molecule has 0 heterocycles. The molecule has 0 aliphatic heterocycles. The minimum absolute atomic E-state index is 0.108. The van der Waals surface area contributed by atoms with Crippen LogP contribution in [-0.4, -0.2) is 35.0 Å². The second-order valence-electron chi connectivity index (χ2n) is 7.29. The Balaban J connectivity index is 2.08. The van der Waals surface area contributed by atoms with Crippen LogP contribution in [0.15, 0.2) is 77.7 Å². The number of methoxy groups -OCH3 is 1. The molecule has 31 heavy (non-hydrogen) atoms. The number of hydrogen-bond acceptors (Lipinski definition) is 4. The van der Waals surface area contributed by atoms with Crippen LogP contribution in [-0.2, 0) is 14.8 Å². The summed E-state index contributed by atoms with van der Waals surface area (Å²) >= 11 is 0. The van der Waals surface area contributed by atoms with Crippen molar-refractivity contribution in [2.75, 3.05) is 29.9 Å². The van der Waals surface area contributed by atoms with Crippen LogP contribution in [0.3, 0.4) is 0 Å². The lowest BCUT2D eigenvalue weighted by Crippen LogP contribution is -2.42. The molecule has 0 saturated heterocycles. The van der Waals surface area contributed by atoms with Gasteiger partial charge in [-0.2, -0.15) is 0 Å². The first-order valence-corrected chi connectivity index (χ1v) is 11.2. The lowest BCUT2D eigenvalue weighted by molar-refractivity contribution is -0.116. The average Bonchev–Trinajstić information content (AvgIpc) is 2.77. The molecule has 0 spiro atoms. The number of carbonyl (C=O) groups is 1. The highest BCUT2D eigenvalue weighted by atomic mass is 32.2. The normalized spacial score (nSPS) is 11.1. The van der Waals surface area contributed by atoms with Gasteiger partial charge in [-0.1, -0.05) is 42.0 Å². The van der Waals surface area contributed by atoms with Crippen molar-refractivity contribution in [3.8, 4) is 5.75 Å². The van der Waals surface area contributed by atoms with E-state index in [1.54, 1.807) is 55.6 Å². The summed E-state index contributed by atoms with van der Waals surface area (Å²) in [5.74, 6) is 0.00176. The summed E-state index contributed by atoms with van der Waals surface area (Å²) < 4.78 is 33.8. The van der Waals surface area contributed by atoms with E-state index in [1.807, 2.05) is 38.1 Å². The monoisotopic (exact) mass is 438 g/mol. The van der Waals surface area contributed by atoms with Crippen LogP contribution in [0.25, 0.3) is 0 Å². The predicted octanol–water partition coefficient (Wildman–Crippen LogP) is 4.17. The first-order chi connectivity index (χ1) is 14.7. The van der Waals surface area contributed by atoms with Gasteiger partial charge in [-0.15, -0.1) is 0 Å². The van der Waals surface area contributed by atoms with Crippen LogP contribution in [0.2, 0.25) is 0 Å². The summed E-state index contributed by atoms with van der Waals surface area (Å²) in [6.45, 7) is 3.37. The molecule has 0 aromatic heterocycles. The first-order valence-electron chi connectivity index (χ1n) is 9.79. The van der Waals surface area contributed by atoms with Gasteiger partial charge in [0.15, 0.2) is 0 Å². The predicted molar refractivity (Wildman–Crippen MR) is 123 cm³/mol. The third kappa shape index (κ3) is 4.88. The van der Waals surface area contributed by atoms with Crippen molar-refractivity contribution in [2.24, 2.45) is 0 Å².